The number of carbonyl (C=O) groups is 1. The smallest absolute Gasteiger partial charge is 0.246 e. The second-order valence-electron chi connectivity index (χ2n) is 4.03. The summed E-state index contributed by atoms with van der Waals surface area (Å²) in [6.45, 7) is 4.79. The number of carbonyl (C=O) groups excluding carboxylic acids is 1. The Bertz CT molecular complexity index is 219. The summed E-state index contributed by atoms with van der Waals surface area (Å²) in [6, 6.07) is 0. The first kappa shape index (κ1) is 13.4. The predicted octanol–water partition coefficient (Wildman–Crippen LogP) is -1.51. The van der Waals surface area contributed by atoms with Crippen molar-refractivity contribution in [2.24, 2.45) is 0 Å². The van der Waals surface area contributed by atoms with Gasteiger partial charge in [-0.2, -0.15) is 0 Å². The van der Waals surface area contributed by atoms with Crippen LogP contribution >= 0.6 is 0 Å². The molecule has 1 heterocycles. The second kappa shape index (κ2) is 6.80. The molecule has 0 spiro atoms. The standard InChI is InChI=1S/C10H20N2O4/c1-10(7-11-8-10)16-6-9(14)12-2-4-15-5-3-13/h11,13H,2-8H2,1H3,(H,12,14). The van der Waals surface area contributed by atoms with Crippen LogP contribution < -0.4 is 10.6 Å². The molecular weight excluding hydrogens is 212 g/mol. The molecule has 6 heteroatoms. The third-order valence-corrected chi connectivity index (χ3v) is 2.35. The predicted molar refractivity (Wildman–Crippen MR) is 58.1 cm³/mol. The molecule has 0 aliphatic carbocycles. The molecule has 16 heavy (non-hydrogen) atoms. The molecule has 1 saturated heterocycles. The van der Waals surface area contributed by atoms with Gasteiger partial charge in [0.25, 0.3) is 0 Å². The fourth-order valence-corrected chi connectivity index (χ4v) is 1.30. The molecule has 0 aromatic heterocycles. The van der Waals surface area contributed by atoms with Crippen LogP contribution in [0.25, 0.3) is 0 Å². The number of aliphatic hydroxyl groups excluding tert-OH is 1. The Balaban J connectivity index is 1.94. The first-order valence-corrected chi connectivity index (χ1v) is 5.46. The van der Waals surface area contributed by atoms with Crippen LogP contribution in [0.2, 0.25) is 0 Å². The van der Waals surface area contributed by atoms with Crippen LogP contribution in [0.15, 0.2) is 0 Å². The molecular formula is C10H20N2O4. The van der Waals surface area contributed by atoms with Crippen molar-refractivity contribution in [3.8, 4) is 0 Å². The van der Waals surface area contributed by atoms with E-state index in [1.165, 1.54) is 0 Å². The lowest BCUT2D eigenvalue weighted by Gasteiger charge is -2.38. The van der Waals surface area contributed by atoms with Gasteiger partial charge in [-0.15, -0.1) is 0 Å². The molecule has 6 nitrogen and oxygen atoms in total. The summed E-state index contributed by atoms with van der Waals surface area (Å²) in [5, 5.41) is 14.2. The monoisotopic (exact) mass is 232 g/mol. The average Bonchev–Trinajstić information content (AvgIpc) is 2.23. The van der Waals surface area contributed by atoms with Crippen molar-refractivity contribution >= 4 is 5.91 Å². The number of hydrogen-bond donors (Lipinski definition) is 3. The largest absolute Gasteiger partial charge is 0.394 e. The summed E-state index contributed by atoms with van der Waals surface area (Å²) in [4.78, 5) is 11.3. The summed E-state index contributed by atoms with van der Waals surface area (Å²) < 4.78 is 10.4. The molecule has 0 aromatic carbocycles. The third-order valence-electron chi connectivity index (χ3n) is 2.35. The van der Waals surface area contributed by atoms with E-state index in [0.29, 0.717) is 19.8 Å². The lowest BCUT2D eigenvalue weighted by atomic mass is 10.0. The molecule has 0 bridgehead atoms. The van der Waals surface area contributed by atoms with Crippen LogP contribution in [0.3, 0.4) is 0 Å². The highest BCUT2D eigenvalue weighted by molar-refractivity contribution is 5.77. The zero-order chi connectivity index (χ0) is 11.9. The van der Waals surface area contributed by atoms with Crippen molar-refractivity contribution in [1.29, 1.82) is 0 Å². The van der Waals surface area contributed by atoms with E-state index in [1.807, 2.05) is 6.92 Å². The zero-order valence-corrected chi connectivity index (χ0v) is 9.62. The van der Waals surface area contributed by atoms with Crippen LogP contribution in [0.4, 0.5) is 0 Å². The Morgan fingerprint density at radius 3 is 2.81 bits per heavy atom. The van der Waals surface area contributed by atoms with Gasteiger partial charge in [0.1, 0.15) is 6.61 Å². The number of hydrogen-bond acceptors (Lipinski definition) is 5. The van der Waals surface area contributed by atoms with E-state index in [9.17, 15) is 4.79 Å². The zero-order valence-electron chi connectivity index (χ0n) is 9.62. The van der Waals surface area contributed by atoms with E-state index in [0.717, 1.165) is 13.1 Å². The highest BCUT2D eigenvalue weighted by atomic mass is 16.5. The fourth-order valence-electron chi connectivity index (χ4n) is 1.30. The van der Waals surface area contributed by atoms with Crippen molar-refractivity contribution in [3.63, 3.8) is 0 Å². The van der Waals surface area contributed by atoms with Crippen molar-refractivity contribution in [3.05, 3.63) is 0 Å². The summed E-state index contributed by atoms with van der Waals surface area (Å²) in [5.74, 6) is -0.138. The van der Waals surface area contributed by atoms with Crippen molar-refractivity contribution in [2.75, 3.05) is 46.1 Å². The van der Waals surface area contributed by atoms with Crippen LogP contribution in [0.5, 0.6) is 0 Å². The molecule has 0 saturated carbocycles. The maximum absolute atomic E-state index is 11.3. The summed E-state index contributed by atoms with van der Waals surface area (Å²) in [7, 11) is 0. The molecule has 0 radical (unpaired) electrons. The van der Waals surface area contributed by atoms with Crippen LogP contribution in [0.1, 0.15) is 6.92 Å². The minimum Gasteiger partial charge on any atom is -0.394 e. The Hall–Kier alpha value is -0.690. The third kappa shape index (κ3) is 4.89. The molecule has 1 fully saturated rings. The van der Waals surface area contributed by atoms with Gasteiger partial charge >= 0.3 is 0 Å². The lowest BCUT2D eigenvalue weighted by molar-refractivity contribution is -0.136. The van der Waals surface area contributed by atoms with E-state index in [1.54, 1.807) is 0 Å². The van der Waals surface area contributed by atoms with E-state index < -0.39 is 0 Å². The van der Waals surface area contributed by atoms with Crippen molar-refractivity contribution in [1.82, 2.24) is 10.6 Å². The molecule has 1 rings (SSSR count). The van der Waals surface area contributed by atoms with Gasteiger partial charge in [0.05, 0.1) is 25.4 Å². The molecule has 1 aliphatic heterocycles. The topological polar surface area (TPSA) is 79.8 Å². The van der Waals surface area contributed by atoms with Crippen molar-refractivity contribution in [2.45, 2.75) is 12.5 Å². The molecule has 1 amide bonds. The number of aliphatic hydroxyl groups is 1. The summed E-state index contributed by atoms with van der Waals surface area (Å²) in [5.41, 5.74) is -0.190. The lowest BCUT2D eigenvalue weighted by Crippen LogP contribution is -2.59. The Labute approximate surface area is 95.3 Å². The SMILES string of the molecule is CC1(OCC(=O)NCCOCCO)CNC1. The van der Waals surface area contributed by atoms with Gasteiger partial charge in [-0.3, -0.25) is 4.79 Å². The minimum atomic E-state index is -0.190. The average molecular weight is 232 g/mol. The second-order valence-corrected chi connectivity index (χ2v) is 4.03. The number of amides is 1. The van der Waals surface area contributed by atoms with E-state index >= 15 is 0 Å². The van der Waals surface area contributed by atoms with E-state index in [2.05, 4.69) is 10.6 Å². The highest BCUT2D eigenvalue weighted by Gasteiger charge is 2.32. The van der Waals surface area contributed by atoms with Gasteiger partial charge < -0.3 is 25.2 Å². The molecule has 3 N–H and O–H groups in total. The number of rotatable bonds is 8. The Morgan fingerprint density at radius 2 is 2.25 bits per heavy atom. The van der Waals surface area contributed by atoms with E-state index in [4.69, 9.17) is 14.6 Å². The highest BCUT2D eigenvalue weighted by Crippen LogP contribution is 2.14. The number of ether oxygens (including phenoxy) is 2. The van der Waals surface area contributed by atoms with Gasteiger partial charge in [-0.05, 0) is 6.92 Å². The van der Waals surface area contributed by atoms with Gasteiger partial charge in [0.15, 0.2) is 0 Å². The first-order valence-electron chi connectivity index (χ1n) is 5.46. The molecule has 0 unspecified atom stereocenters. The van der Waals surface area contributed by atoms with Gasteiger partial charge in [-0.1, -0.05) is 0 Å². The molecule has 94 valence electrons. The maximum Gasteiger partial charge on any atom is 0.246 e. The molecule has 0 atom stereocenters. The van der Waals surface area contributed by atoms with Gasteiger partial charge in [0, 0.05) is 19.6 Å². The van der Waals surface area contributed by atoms with Crippen molar-refractivity contribution < 1.29 is 19.4 Å². The summed E-state index contributed by atoms with van der Waals surface area (Å²) >= 11 is 0. The van der Waals surface area contributed by atoms with Crippen LogP contribution in [0, 0.1) is 0 Å². The van der Waals surface area contributed by atoms with Crippen LogP contribution in [-0.4, -0.2) is 62.7 Å². The fraction of sp³-hybridized carbons (Fsp3) is 0.900. The molecule has 0 aromatic rings. The summed E-state index contributed by atoms with van der Waals surface area (Å²) in [6.07, 6.45) is 0. The first-order chi connectivity index (χ1) is 7.66. The van der Waals surface area contributed by atoms with E-state index in [-0.39, 0.29) is 24.7 Å². The van der Waals surface area contributed by atoms with Gasteiger partial charge in [0.2, 0.25) is 5.91 Å². The Kier molecular flexibility index (Phi) is 5.68. The maximum atomic E-state index is 11.3. The van der Waals surface area contributed by atoms with Gasteiger partial charge in [-0.25, -0.2) is 0 Å². The quantitative estimate of drug-likeness (QED) is 0.443. The normalized spacial score (nSPS) is 17.9. The molecule has 1 aliphatic rings. The number of nitrogens with one attached hydrogen (secondary N) is 2. The Morgan fingerprint density at radius 1 is 1.50 bits per heavy atom. The van der Waals surface area contributed by atoms with Crippen LogP contribution in [-0.2, 0) is 14.3 Å². The minimum absolute atomic E-state index is 0.00239.